The first kappa shape index (κ1) is 8.52. The summed E-state index contributed by atoms with van der Waals surface area (Å²) in [5, 5.41) is 1.11. The average Bonchev–Trinajstić information content (AvgIpc) is 2.26. The van der Waals surface area contributed by atoms with Gasteiger partial charge >= 0.3 is 0 Å². The molecule has 0 saturated heterocycles. The molecule has 2 aromatic rings. The third kappa shape index (κ3) is 1.65. The van der Waals surface area contributed by atoms with Crippen molar-refractivity contribution in [3.05, 3.63) is 54.7 Å². The van der Waals surface area contributed by atoms with Gasteiger partial charge in [0, 0.05) is 17.1 Å². The van der Waals surface area contributed by atoms with Crippen molar-refractivity contribution in [2.45, 2.75) is 0 Å². The molecule has 66 valence electrons. The van der Waals surface area contributed by atoms with E-state index in [9.17, 15) is 0 Å². The van der Waals surface area contributed by atoms with Gasteiger partial charge in [0.2, 0.25) is 0 Å². The highest BCUT2D eigenvalue weighted by Crippen LogP contribution is 2.12. The first-order valence-corrected chi connectivity index (χ1v) is 4.37. The van der Waals surface area contributed by atoms with Crippen LogP contribution in [0, 0.1) is 11.8 Å². The standard InChI is InChI=1S/C13H9N/c1-2-3-5-11-7-8-13-12(10-11)6-4-9-14-13/h2,4,6-10H,1H2. The summed E-state index contributed by atoms with van der Waals surface area (Å²) < 4.78 is 0. The molecule has 1 aromatic carbocycles. The van der Waals surface area contributed by atoms with Gasteiger partial charge in [-0.25, -0.2) is 0 Å². The minimum Gasteiger partial charge on any atom is -0.256 e. The molecule has 0 unspecified atom stereocenters. The van der Waals surface area contributed by atoms with Gasteiger partial charge in [-0.3, -0.25) is 4.98 Å². The monoisotopic (exact) mass is 179 g/mol. The summed E-state index contributed by atoms with van der Waals surface area (Å²) in [6, 6.07) is 9.92. The minimum absolute atomic E-state index is 0.991. The third-order valence-electron chi connectivity index (χ3n) is 1.92. The molecule has 0 amide bonds. The van der Waals surface area contributed by atoms with Crippen LogP contribution in [-0.4, -0.2) is 4.98 Å². The number of aromatic nitrogens is 1. The van der Waals surface area contributed by atoms with Crippen LogP contribution < -0.4 is 0 Å². The number of fused-ring (bicyclic) bond motifs is 1. The number of hydrogen-bond acceptors (Lipinski definition) is 1. The van der Waals surface area contributed by atoms with Gasteiger partial charge < -0.3 is 0 Å². The Bertz CT molecular complexity index is 529. The largest absolute Gasteiger partial charge is 0.256 e. The predicted molar refractivity (Wildman–Crippen MR) is 58.8 cm³/mol. The van der Waals surface area contributed by atoms with Crippen LogP contribution in [0.5, 0.6) is 0 Å². The second-order valence-electron chi connectivity index (χ2n) is 2.88. The lowest BCUT2D eigenvalue weighted by Gasteiger charge is -1.95. The molecular weight excluding hydrogens is 170 g/mol. The van der Waals surface area contributed by atoms with Crippen LogP contribution in [0.2, 0.25) is 0 Å². The lowest BCUT2D eigenvalue weighted by atomic mass is 10.1. The van der Waals surface area contributed by atoms with Gasteiger partial charge in [-0.2, -0.15) is 0 Å². The molecule has 1 nitrogen and oxygen atoms in total. The highest BCUT2D eigenvalue weighted by atomic mass is 14.6. The number of benzene rings is 1. The van der Waals surface area contributed by atoms with Crippen LogP contribution in [0.25, 0.3) is 10.9 Å². The summed E-state index contributed by atoms with van der Waals surface area (Å²) in [4.78, 5) is 4.23. The van der Waals surface area contributed by atoms with E-state index >= 15 is 0 Å². The molecule has 0 spiro atoms. The fraction of sp³-hybridized carbons (Fsp3) is 0. The fourth-order valence-electron chi connectivity index (χ4n) is 1.29. The Morgan fingerprint density at radius 3 is 3.07 bits per heavy atom. The molecule has 0 fully saturated rings. The van der Waals surface area contributed by atoms with Crippen molar-refractivity contribution in [3.63, 3.8) is 0 Å². The van der Waals surface area contributed by atoms with Crippen molar-refractivity contribution >= 4 is 10.9 Å². The maximum Gasteiger partial charge on any atom is 0.0702 e. The molecule has 0 atom stereocenters. The molecule has 0 aliphatic rings. The molecule has 1 heteroatoms. The quantitative estimate of drug-likeness (QED) is 0.567. The maximum absolute atomic E-state index is 4.23. The Morgan fingerprint density at radius 1 is 1.29 bits per heavy atom. The van der Waals surface area contributed by atoms with E-state index in [2.05, 4.69) is 23.4 Å². The number of nitrogens with zero attached hydrogens (tertiary/aromatic N) is 1. The van der Waals surface area contributed by atoms with Crippen LogP contribution in [-0.2, 0) is 0 Å². The van der Waals surface area contributed by atoms with Crippen molar-refractivity contribution in [3.8, 4) is 11.8 Å². The van der Waals surface area contributed by atoms with Gasteiger partial charge in [0.25, 0.3) is 0 Å². The molecule has 0 aliphatic heterocycles. The van der Waals surface area contributed by atoms with Crippen LogP contribution >= 0.6 is 0 Å². The summed E-state index contributed by atoms with van der Waals surface area (Å²) in [5.74, 6) is 5.81. The summed E-state index contributed by atoms with van der Waals surface area (Å²) in [6.07, 6.45) is 3.38. The first-order valence-electron chi connectivity index (χ1n) is 4.37. The molecule has 1 aromatic heterocycles. The molecule has 1 heterocycles. The van der Waals surface area contributed by atoms with Gasteiger partial charge in [-0.05, 0) is 30.3 Å². The van der Waals surface area contributed by atoms with E-state index in [1.54, 1.807) is 12.3 Å². The lowest BCUT2D eigenvalue weighted by Crippen LogP contribution is -1.79. The number of hydrogen-bond donors (Lipinski definition) is 0. The molecule has 2 rings (SSSR count). The molecule has 0 bridgehead atoms. The Balaban J connectivity index is 2.56. The topological polar surface area (TPSA) is 12.9 Å². The average molecular weight is 179 g/mol. The highest BCUT2D eigenvalue weighted by molar-refractivity contribution is 5.79. The first-order chi connectivity index (χ1) is 6.90. The van der Waals surface area contributed by atoms with Crippen LogP contribution in [0.4, 0.5) is 0 Å². The molecule has 0 N–H and O–H groups in total. The van der Waals surface area contributed by atoms with Crippen LogP contribution in [0.15, 0.2) is 49.2 Å². The molecule has 0 aliphatic carbocycles. The van der Waals surface area contributed by atoms with Crippen molar-refractivity contribution in [2.24, 2.45) is 0 Å². The van der Waals surface area contributed by atoms with Crippen molar-refractivity contribution in [1.29, 1.82) is 0 Å². The van der Waals surface area contributed by atoms with E-state index in [0.29, 0.717) is 0 Å². The predicted octanol–water partition coefficient (Wildman–Crippen LogP) is 2.77. The zero-order valence-electron chi connectivity index (χ0n) is 7.70. The number of pyridine rings is 1. The van der Waals surface area contributed by atoms with Crippen LogP contribution in [0.3, 0.4) is 0 Å². The van der Waals surface area contributed by atoms with E-state index in [4.69, 9.17) is 0 Å². The molecule has 0 saturated carbocycles. The Kier molecular flexibility index (Phi) is 2.29. The maximum atomic E-state index is 4.23. The molecular formula is C13H9N. The van der Waals surface area contributed by atoms with E-state index in [1.807, 2.05) is 30.3 Å². The normalized spacial score (nSPS) is 9.14. The third-order valence-corrected chi connectivity index (χ3v) is 1.92. The van der Waals surface area contributed by atoms with Gasteiger partial charge in [0.05, 0.1) is 5.52 Å². The zero-order chi connectivity index (χ0) is 9.80. The second-order valence-corrected chi connectivity index (χ2v) is 2.88. The van der Waals surface area contributed by atoms with E-state index in [-0.39, 0.29) is 0 Å². The van der Waals surface area contributed by atoms with Gasteiger partial charge in [0.15, 0.2) is 0 Å². The number of rotatable bonds is 0. The van der Waals surface area contributed by atoms with Gasteiger partial charge in [-0.1, -0.05) is 24.5 Å². The van der Waals surface area contributed by atoms with Crippen molar-refractivity contribution in [1.82, 2.24) is 4.98 Å². The molecule has 0 radical (unpaired) electrons. The number of allylic oxidation sites excluding steroid dienone is 1. The van der Waals surface area contributed by atoms with Crippen LogP contribution in [0.1, 0.15) is 5.56 Å². The molecule has 14 heavy (non-hydrogen) atoms. The van der Waals surface area contributed by atoms with Crippen molar-refractivity contribution < 1.29 is 0 Å². The minimum atomic E-state index is 0.991. The van der Waals surface area contributed by atoms with Gasteiger partial charge in [0.1, 0.15) is 0 Å². The fourth-order valence-corrected chi connectivity index (χ4v) is 1.29. The smallest absolute Gasteiger partial charge is 0.0702 e. The van der Waals surface area contributed by atoms with Gasteiger partial charge in [-0.15, -0.1) is 0 Å². The lowest BCUT2D eigenvalue weighted by molar-refractivity contribution is 1.41. The highest BCUT2D eigenvalue weighted by Gasteiger charge is 1.93. The Morgan fingerprint density at radius 2 is 2.21 bits per heavy atom. The Labute approximate surface area is 83.1 Å². The van der Waals surface area contributed by atoms with Crippen molar-refractivity contribution in [2.75, 3.05) is 0 Å². The second kappa shape index (κ2) is 3.76. The summed E-state index contributed by atoms with van der Waals surface area (Å²) in [5.41, 5.74) is 1.99. The SMILES string of the molecule is C=CC#Cc1ccc2ncccc2c1. The van der Waals surface area contributed by atoms with E-state index in [1.165, 1.54) is 0 Å². The summed E-state index contributed by atoms with van der Waals surface area (Å²) in [7, 11) is 0. The van der Waals surface area contributed by atoms with E-state index in [0.717, 1.165) is 16.5 Å². The Hall–Kier alpha value is -2.07. The summed E-state index contributed by atoms with van der Waals surface area (Å²) >= 11 is 0. The van der Waals surface area contributed by atoms with E-state index < -0.39 is 0 Å². The zero-order valence-corrected chi connectivity index (χ0v) is 7.70. The summed E-state index contributed by atoms with van der Waals surface area (Å²) in [6.45, 7) is 3.55.